The van der Waals surface area contributed by atoms with Gasteiger partial charge in [-0.2, -0.15) is 0 Å². The highest BCUT2D eigenvalue weighted by Gasteiger charge is 2.78. The molecule has 1 aliphatic carbocycles. The number of hydrogen-bond donors (Lipinski definition) is 4. The van der Waals surface area contributed by atoms with Crippen LogP contribution < -0.4 is 21.7 Å². The van der Waals surface area contributed by atoms with Crippen LogP contribution in [0, 0.1) is 11.2 Å². The summed E-state index contributed by atoms with van der Waals surface area (Å²) in [6, 6.07) is 7.42. The fraction of sp³-hybridized carbons (Fsp3) is 0.483. The molecule has 2 aromatic carbocycles. The van der Waals surface area contributed by atoms with Crippen molar-refractivity contribution >= 4 is 46.6 Å². The van der Waals surface area contributed by atoms with Crippen LogP contribution in [0.25, 0.3) is 0 Å². The molecule has 3 unspecified atom stereocenters. The van der Waals surface area contributed by atoms with Gasteiger partial charge in [0.05, 0.1) is 37.1 Å². The predicted molar refractivity (Wildman–Crippen MR) is 149 cm³/mol. The first kappa shape index (κ1) is 29.2. The van der Waals surface area contributed by atoms with Gasteiger partial charge in [0.25, 0.3) is 0 Å². The molecule has 1 saturated carbocycles. The summed E-state index contributed by atoms with van der Waals surface area (Å²) in [7, 11) is 0. The van der Waals surface area contributed by atoms with Crippen LogP contribution in [0.4, 0.5) is 18.9 Å². The van der Waals surface area contributed by atoms with Gasteiger partial charge in [0.2, 0.25) is 17.7 Å². The molecule has 3 fully saturated rings. The first-order valence-electron chi connectivity index (χ1n) is 13.7. The third-order valence-corrected chi connectivity index (χ3v) is 9.99. The highest BCUT2D eigenvalue weighted by molar-refractivity contribution is 6.31. The lowest BCUT2D eigenvalue weighted by Gasteiger charge is -2.59. The zero-order chi connectivity index (χ0) is 30.0. The Hall–Kier alpha value is -2.86. The number of nitrogens with two attached hydrogens (primary N) is 1. The monoisotopic (exact) mass is 624 g/mol. The Kier molecular flexibility index (Phi) is 7.23. The summed E-state index contributed by atoms with van der Waals surface area (Å²) >= 11 is 12.5. The zero-order valence-corrected chi connectivity index (χ0v) is 23.8. The number of carbonyl (C=O) groups is 3. The summed E-state index contributed by atoms with van der Waals surface area (Å²) in [6.07, 6.45) is -0.300. The summed E-state index contributed by atoms with van der Waals surface area (Å²) in [4.78, 5) is 39.9. The molecule has 3 heterocycles. The zero-order valence-electron chi connectivity index (χ0n) is 22.3. The number of rotatable bonds is 6. The molecule has 224 valence electrons. The molecule has 2 aromatic rings. The van der Waals surface area contributed by atoms with E-state index in [2.05, 4.69) is 16.0 Å². The van der Waals surface area contributed by atoms with Crippen LogP contribution in [-0.2, 0) is 24.5 Å². The number of benzene rings is 2. The number of halogens is 5. The minimum absolute atomic E-state index is 0.0108. The van der Waals surface area contributed by atoms with E-state index in [0.29, 0.717) is 29.1 Å². The van der Waals surface area contributed by atoms with Crippen LogP contribution >= 0.6 is 23.2 Å². The van der Waals surface area contributed by atoms with E-state index in [1.165, 1.54) is 18.2 Å². The lowest BCUT2D eigenvalue weighted by atomic mass is 9.46. The van der Waals surface area contributed by atoms with Gasteiger partial charge < -0.3 is 21.1 Å². The van der Waals surface area contributed by atoms with Crippen LogP contribution in [0.1, 0.15) is 42.7 Å². The number of ether oxygens (including phenoxy) is 1. The molecular formula is C29H29Cl2F3N4O4. The summed E-state index contributed by atoms with van der Waals surface area (Å²) in [6.45, 7) is -1.91. The van der Waals surface area contributed by atoms with E-state index in [9.17, 15) is 23.2 Å². The number of fused-ring (bicyclic) bond motifs is 3. The highest BCUT2D eigenvalue weighted by Crippen LogP contribution is 2.68. The first-order chi connectivity index (χ1) is 20.0. The van der Waals surface area contributed by atoms with Crippen molar-refractivity contribution in [3.05, 3.63) is 63.4 Å². The Morgan fingerprint density at radius 2 is 1.86 bits per heavy atom. The van der Waals surface area contributed by atoms with Crippen molar-refractivity contribution in [2.24, 2.45) is 11.1 Å². The molecule has 42 heavy (non-hydrogen) atoms. The fourth-order valence-corrected chi connectivity index (χ4v) is 8.09. The smallest absolute Gasteiger partial charge is 0.246 e. The maximum Gasteiger partial charge on any atom is 0.246 e. The van der Waals surface area contributed by atoms with E-state index in [1.807, 2.05) is 0 Å². The van der Waals surface area contributed by atoms with Gasteiger partial charge in [-0.1, -0.05) is 41.4 Å². The molecular weight excluding hydrogens is 596 g/mol. The van der Waals surface area contributed by atoms with E-state index < -0.39 is 77.4 Å². The van der Waals surface area contributed by atoms with Crippen molar-refractivity contribution < 1.29 is 32.3 Å². The summed E-state index contributed by atoms with van der Waals surface area (Å²) < 4.78 is 49.9. The Labute approximate surface area is 249 Å². The lowest BCUT2D eigenvalue weighted by Crippen LogP contribution is -2.70. The highest BCUT2D eigenvalue weighted by atomic mass is 35.5. The van der Waals surface area contributed by atoms with Crippen molar-refractivity contribution in [2.75, 3.05) is 25.3 Å². The van der Waals surface area contributed by atoms with Gasteiger partial charge in [-0.3, -0.25) is 28.5 Å². The van der Waals surface area contributed by atoms with Gasteiger partial charge in [-0.25, -0.2) is 4.39 Å². The number of amides is 3. The molecule has 5 N–H and O–H groups in total. The van der Waals surface area contributed by atoms with Crippen LogP contribution in [0.15, 0.2) is 36.4 Å². The molecule has 13 heteroatoms. The maximum atomic E-state index is 15.9. The quantitative estimate of drug-likeness (QED) is 0.390. The Bertz CT molecular complexity index is 1460. The standard InChI is InChI=1S/C29H29Cl2F3N4O4/c30-14-4-6-17-19(8-14)37-26(41)29(17)21(16-2-1-3-18(31)22(16)34)23(38-28(29)10-27(11-28,12-32)13-33)25(40)36-15-5-7-20(24(35)39)42-9-15/h1-4,6,8,15,20-21,23,38H,5,7,9-13H2,(H2,35,39)(H,36,40)(H,37,41)/t15-,20+,21?,23?,29?/m1/s1. The van der Waals surface area contributed by atoms with Gasteiger partial charge >= 0.3 is 0 Å². The average molecular weight is 625 g/mol. The number of carbonyl (C=O) groups excluding carboxylic acids is 3. The second-order valence-corrected chi connectivity index (χ2v) is 12.7. The van der Waals surface area contributed by atoms with Crippen LogP contribution in [-0.4, -0.2) is 61.4 Å². The van der Waals surface area contributed by atoms with E-state index in [-0.39, 0.29) is 30.0 Å². The van der Waals surface area contributed by atoms with Gasteiger partial charge in [-0.05, 0) is 55.0 Å². The van der Waals surface area contributed by atoms with Crippen molar-refractivity contribution in [1.82, 2.24) is 10.6 Å². The molecule has 0 bridgehead atoms. The van der Waals surface area contributed by atoms with Gasteiger partial charge in [0, 0.05) is 27.6 Å². The Morgan fingerprint density at radius 3 is 2.50 bits per heavy atom. The SMILES string of the molecule is NC(=O)[C@@H]1CC[C@@H](NC(=O)C2NC3(CC(CF)(CF)C3)C3(C(=O)Nc4cc(Cl)ccc43)C2c2cccc(Cl)c2F)CO1. The van der Waals surface area contributed by atoms with Crippen molar-refractivity contribution in [2.45, 2.75) is 60.7 Å². The maximum absolute atomic E-state index is 15.9. The summed E-state index contributed by atoms with van der Waals surface area (Å²) in [5.74, 6) is -3.67. The minimum atomic E-state index is -1.64. The second-order valence-electron chi connectivity index (χ2n) is 11.9. The number of hydrogen-bond acceptors (Lipinski definition) is 5. The second kappa shape index (κ2) is 10.4. The molecule has 2 saturated heterocycles. The topological polar surface area (TPSA) is 123 Å². The summed E-state index contributed by atoms with van der Waals surface area (Å²) in [5.41, 5.74) is 1.85. The third-order valence-electron chi connectivity index (χ3n) is 9.46. The first-order valence-corrected chi connectivity index (χ1v) is 14.4. The number of primary amides is 1. The molecule has 0 aromatic heterocycles. The number of nitrogens with one attached hydrogen (secondary N) is 3. The minimum Gasteiger partial charge on any atom is -0.367 e. The van der Waals surface area contributed by atoms with Crippen LogP contribution in [0.5, 0.6) is 0 Å². The fourth-order valence-electron chi connectivity index (χ4n) is 7.74. The number of anilines is 1. The van der Waals surface area contributed by atoms with Crippen LogP contribution in [0.3, 0.4) is 0 Å². The number of alkyl halides is 2. The predicted octanol–water partition coefficient (Wildman–Crippen LogP) is 3.69. The lowest BCUT2D eigenvalue weighted by molar-refractivity contribution is -0.134. The largest absolute Gasteiger partial charge is 0.367 e. The molecule has 8 nitrogen and oxygen atoms in total. The van der Waals surface area contributed by atoms with Crippen molar-refractivity contribution in [3.8, 4) is 0 Å². The molecule has 6 rings (SSSR count). The van der Waals surface area contributed by atoms with Gasteiger partial charge in [0.15, 0.2) is 0 Å². The van der Waals surface area contributed by atoms with Crippen molar-refractivity contribution in [1.29, 1.82) is 0 Å². The van der Waals surface area contributed by atoms with E-state index in [0.717, 1.165) is 0 Å². The van der Waals surface area contributed by atoms with Crippen molar-refractivity contribution in [3.63, 3.8) is 0 Å². The molecule has 2 spiro atoms. The van der Waals surface area contributed by atoms with Crippen LogP contribution in [0.2, 0.25) is 10.0 Å². The molecule has 3 aliphatic heterocycles. The van der Waals surface area contributed by atoms with E-state index >= 15 is 4.39 Å². The average Bonchev–Trinajstić information content (AvgIpc) is 3.41. The van der Waals surface area contributed by atoms with Gasteiger partial charge in [-0.15, -0.1) is 0 Å². The normalized spacial score (nSPS) is 30.5. The summed E-state index contributed by atoms with van der Waals surface area (Å²) in [5, 5.41) is 9.19. The third kappa shape index (κ3) is 4.15. The molecule has 0 radical (unpaired) electrons. The Morgan fingerprint density at radius 1 is 1.12 bits per heavy atom. The Balaban J connectivity index is 1.49. The molecule has 4 aliphatic rings. The van der Waals surface area contributed by atoms with Gasteiger partial charge in [0.1, 0.15) is 17.3 Å². The van der Waals surface area contributed by atoms with E-state index in [1.54, 1.807) is 18.2 Å². The molecule has 5 atom stereocenters. The molecule has 3 amide bonds. The van der Waals surface area contributed by atoms with E-state index in [4.69, 9.17) is 33.7 Å².